The lowest BCUT2D eigenvalue weighted by Crippen LogP contribution is -2.12. The minimum Gasteiger partial charge on any atom is -0.313 e. The summed E-state index contributed by atoms with van der Waals surface area (Å²) >= 11 is 2.19. The van der Waals surface area contributed by atoms with E-state index in [4.69, 9.17) is 0 Å². The topological polar surface area (TPSA) is 55.2 Å². The molecule has 0 amide bonds. The minimum atomic E-state index is -0.326. The van der Waals surface area contributed by atoms with E-state index in [2.05, 4.69) is 27.9 Å². The zero-order chi connectivity index (χ0) is 10.8. The first-order valence-corrected chi connectivity index (χ1v) is 5.93. The monoisotopic (exact) mass is 318 g/mol. The molecule has 4 nitrogen and oxygen atoms in total. The van der Waals surface area contributed by atoms with Crippen LogP contribution in [0.2, 0.25) is 0 Å². The molecule has 1 heterocycles. The molecule has 0 aromatic heterocycles. The van der Waals surface area contributed by atoms with Crippen molar-refractivity contribution < 1.29 is 4.92 Å². The van der Waals surface area contributed by atoms with Crippen LogP contribution < -0.4 is 5.32 Å². The fraction of sp³-hybridized carbons (Fsp3) is 0.400. The van der Waals surface area contributed by atoms with Gasteiger partial charge in [-0.15, -0.1) is 0 Å². The summed E-state index contributed by atoms with van der Waals surface area (Å²) in [5, 5.41) is 14.0. The van der Waals surface area contributed by atoms with Crippen molar-refractivity contribution in [3.8, 4) is 0 Å². The number of nitrogens with zero attached hydrogens (tertiary/aromatic N) is 1. The lowest BCUT2D eigenvalue weighted by Gasteiger charge is -2.07. The van der Waals surface area contributed by atoms with Gasteiger partial charge in [-0.05, 0) is 53.1 Å². The number of hydrogen-bond donors (Lipinski definition) is 1. The first-order chi connectivity index (χ1) is 7.18. The molecule has 0 saturated carbocycles. The molecule has 1 aliphatic heterocycles. The fourth-order valence-electron chi connectivity index (χ4n) is 1.83. The minimum absolute atomic E-state index is 0.196. The molecule has 0 aliphatic carbocycles. The second kappa shape index (κ2) is 4.44. The van der Waals surface area contributed by atoms with Gasteiger partial charge < -0.3 is 5.32 Å². The number of non-ortho nitro benzene ring substituents is 1. The van der Waals surface area contributed by atoms with E-state index in [-0.39, 0.29) is 10.6 Å². The number of nitrogens with one attached hydrogen (secondary N) is 1. The molecule has 80 valence electrons. The summed E-state index contributed by atoms with van der Waals surface area (Å²) < 4.78 is 1.01. The Labute approximate surface area is 101 Å². The van der Waals surface area contributed by atoms with E-state index in [0.29, 0.717) is 0 Å². The van der Waals surface area contributed by atoms with Crippen LogP contribution in [-0.2, 0) is 13.0 Å². The van der Waals surface area contributed by atoms with Gasteiger partial charge in [0.05, 0.1) is 4.92 Å². The molecule has 0 fully saturated rings. The van der Waals surface area contributed by atoms with Crippen LogP contribution >= 0.6 is 22.6 Å². The van der Waals surface area contributed by atoms with E-state index < -0.39 is 0 Å². The van der Waals surface area contributed by atoms with Crippen LogP contribution in [0.25, 0.3) is 0 Å². The quantitative estimate of drug-likeness (QED) is 0.491. The first kappa shape index (κ1) is 10.8. The van der Waals surface area contributed by atoms with Gasteiger partial charge in [0.15, 0.2) is 0 Å². The second-order valence-electron chi connectivity index (χ2n) is 3.60. The van der Waals surface area contributed by atoms with Crippen molar-refractivity contribution >= 4 is 28.3 Å². The summed E-state index contributed by atoms with van der Waals surface area (Å²) in [6.45, 7) is 1.73. The average molecular weight is 318 g/mol. The van der Waals surface area contributed by atoms with E-state index in [9.17, 15) is 10.1 Å². The molecule has 0 atom stereocenters. The molecule has 0 radical (unpaired) electrons. The van der Waals surface area contributed by atoms with Crippen LogP contribution in [0.1, 0.15) is 17.5 Å². The molecule has 0 saturated heterocycles. The van der Waals surface area contributed by atoms with Gasteiger partial charge in [0, 0.05) is 22.2 Å². The summed E-state index contributed by atoms with van der Waals surface area (Å²) in [4.78, 5) is 10.4. The van der Waals surface area contributed by atoms with Crippen molar-refractivity contribution in [1.82, 2.24) is 5.32 Å². The molecule has 1 aliphatic rings. The van der Waals surface area contributed by atoms with Crippen LogP contribution in [0, 0.1) is 13.7 Å². The smallest absolute Gasteiger partial charge is 0.270 e. The molecule has 1 N–H and O–H groups in total. The summed E-state index contributed by atoms with van der Waals surface area (Å²) in [6.07, 6.45) is 2.11. The number of rotatable bonds is 1. The average Bonchev–Trinajstić information content (AvgIpc) is 2.42. The summed E-state index contributed by atoms with van der Waals surface area (Å²) in [5.74, 6) is 0. The van der Waals surface area contributed by atoms with Gasteiger partial charge in [0.25, 0.3) is 5.69 Å². The summed E-state index contributed by atoms with van der Waals surface area (Å²) in [7, 11) is 0. The standard InChI is InChI=1S/C10H11IN2O2/c11-10-5-8(13(14)15)4-7-6-12-3-1-2-9(7)10/h4-5,12H,1-3,6H2. The van der Waals surface area contributed by atoms with Crippen molar-refractivity contribution in [3.05, 3.63) is 36.9 Å². The summed E-state index contributed by atoms with van der Waals surface area (Å²) in [5.41, 5.74) is 2.54. The number of benzene rings is 1. The molecule has 15 heavy (non-hydrogen) atoms. The molecular formula is C10H11IN2O2. The highest BCUT2D eigenvalue weighted by Crippen LogP contribution is 2.26. The van der Waals surface area contributed by atoms with E-state index >= 15 is 0 Å². The third-order valence-electron chi connectivity index (χ3n) is 2.58. The lowest BCUT2D eigenvalue weighted by molar-refractivity contribution is -0.385. The fourth-order valence-corrected chi connectivity index (χ4v) is 2.77. The Bertz CT molecular complexity index is 407. The van der Waals surface area contributed by atoms with Crippen LogP contribution in [0.4, 0.5) is 5.69 Å². The van der Waals surface area contributed by atoms with Gasteiger partial charge in [-0.1, -0.05) is 0 Å². The van der Waals surface area contributed by atoms with E-state index in [1.807, 2.05) is 0 Å². The Hall–Kier alpha value is -0.690. The van der Waals surface area contributed by atoms with Gasteiger partial charge in [0.1, 0.15) is 0 Å². The number of halogens is 1. The third kappa shape index (κ3) is 2.28. The molecule has 1 aromatic carbocycles. The zero-order valence-electron chi connectivity index (χ0n) is 8.12. The van der Waals surface area contributed by atoms with Gasteiger partial charge in [-0.3, -0.25) is 10.1 Å². The Morgan fingerprint density at radius 1 is 1.47 bits per heavy atom. The Balaban J connectivity index is 2.48. The molecule has 2 rings (SSSR count). The van der Waals surface area contributed by atoms with Crippen LogP contribution in [0.15, 0.2) is 12.1 Å². The highest BCUT2D eigenvalue weighted by Gasteiger charge is 2.16. The Morgan fingerprint density at radius 3 is 3.00 bits per heavy atom. The largest absolute Gasteiger partial charge is 0.313 e. The summed E-state index contributed by atoms with van der Waals surface area (Å²) in [6, 6.07) is 3.35. The maximum Gasteiger partial charge on any atom is 0.270 e. The highest BCUT2D eigenvalue weighted by atomic mass is 127. The molecule has 0 bridgehead atoms. The highest BCUT2D eigenvalue weighted by molar-refractivity contribution is 14.1. The zero-order valence-corrected chi connectivity index (χ0v) is 10.3. The maximum absolute atomic E-state index is 10.7. The Morgan fingerprint density at radius 2 is 2.27 bits per heavy atom. The lowest BCUT2D eigenvalue weighted by atomic mass is 10.0. The molecular weight excluding hydrogens is 307 g/mol. The van der Waals surface area contributed by atoms with Gasteiger partial charge in [0.2, 0.25) is 0 Å². The van der Waals surface area contributed by atoms with E-state index in [0.717, 1.165) is 35.1 Å². The second-order valence-corrected chi connectivity index (χ2v) is 4.76. The molecule has 1 aromatic rings. The predicted octanol–water partition coefficient (Wildman–Crippen LogP) is 2.24. The number of fused-ring (bicyclic) bond motifs is 1. The van der Waals surface area contributed by atoms with Crippen LogP contribution in [-0.4, -0.2) is 11.5 Å². The maximum atomic E-state index is 10.7. The van der Waals surface area contributed by atoms with Gasteiger partial charge in [-0.25, -0.2) is 0 Å². The van der Waals surface area contributed by atoms with Crippen molar-refractivity contribution in [2.75, 3.05) is 6.54 Å². The van der Waals surface area contributed by atoms with Crippen molar-refractivity contribution in [2.24, 2.45) is 0 Å². The number of nitro benzene ring substituents is 1. The SMILES string of the molecule is O=[N+]([O-])c1cc(I)c2c(c1)CNCCC2. The third-order valence-corrected chi connectivity index (χ3v) is 3.54. The van der Waals surface area contributed by atoms with Crippen molar-refractivity contribution in [3.63, 3.8) is 0 Å². The van der Waals surface area contributed by atoms with Crippen molar-refractivity contribution in [2.45, 2.75) is 19.4 Å². The van der Waals surface area contributed by atoms with Crippen molar-refractivity contribution in [1.29, 1.82) is 0 Å². The first-order valence-electron chi connectivity index (χ1n) is 4.85. The van der Waals surface area contributed by atoms with Crippen LogP contribution in [0.3, 0.4) is 0 Å². The van der Waals surface area contributed by atoms with Gasteiger partial charge in [-0.2, -0.15) is 0 Å². The number of nitro groups is 1. The van der Waals surface area contributed by atoms with Crippen LogP contribution in [0.5, 0.6) is 0 Å². The predicted molar refractivity (Wildman–Crippen MR) is 65.8 cm³/mol. The molecule has 0 spiro atoms. The van der Waals surface area contributed by atoms with Gasteiger partial charge >= 0.3 is 0 Å². The van der Waals surface area contributed by atoms with E-state index in [1.165, 1.54) is 5.56 Å². The number of hydrogen-bond acceptors (Lipinski definition) is 3. The molecule has 5 heteroatoms. The molecule has 0 unspecified atom stereocenters. The Kier molecular flexibility index (Phi) is 3.20. The van der Waals surface area contributed by atoms with E-state index in [1.54, 1.807) is 12.1 Å². The normalized spacial score (nSPS) is 15.5.